The second kappa shape index (κ2) is 5.61. The molecule has 5 nitrogen and oxygen atoms in total. The first kappa shape index (κ1) is 15.1. The molecule has 0 amide bonds. The molecule has 1 aliphatic rings. The first-order chi connectivity index (χ1) is 9.32. The normalized spacial score (nSPS) is 23.9. The zero-order valence-corrected chi connectivity index (χ0v) is 12.7. The van der Waals surface area contributed by atoms with Crippen molar-refractivity contribution in [2.24, 2.45) is 5.92 Å². The van der Waals surface area contributed by atoms with Gasteiger partial charge >= 0.3 is 0 Å². The van der Waals surface area contributed by atoms with Gasteiger partial charge in [0.1, 0.15) is 5.75 Å². The number of aromatic hydroxyl groups is 1. The van der Waals surface area contributed by atoms with Crippen molar-refractivity contribution in [3.05, 3.63) is 18.2 Å². The van der Waals surface area contributed by atoms with Crippen molar-refractivity contribution in [2.45, 2.75) is 43.5 Å². The molecule has 6 heteroatoms. The molecule has 3 N–H and O–H groups in total. The lowest BCUT2D eigenvalue weighted by Gasteiger charge is -2.32. The molecule has 1 aliphatic carbocycles. The van der Waals surface area contributed by atoms with E-state index in [4.69, 9.17) is 5.73 Å². The Bertz CT molecular complexity index is 578. The first-order valence-electron chi connectivity index (χ1n) is 6.89. The van der Waals surface area contributed by atoms with Crippen molar-refractivity contribution in [3.63, 3.8) is 0 Å². The Kier molecular flexibility index (Phi) is 4.25. The van der Waals surface area contributed by atoms with Crippen LogP contribution < -0.4 is 5.73 Å². The van der Waals surface area contributed by atoms with Crippen LogP contribution >= 0.6 is 0 Å². The van der Waals surface area contributed by atoms with E-state index in [-0.39, 0.29) is 22.4 Å². The van der Waals surface area contributed by atoms with Gasteiger partial charge in [-0.15, -0.1) is 0 Å². The van der Waals surface area contributed by atoms with Gasteiger partial charge in [0, 0.05) is 13.1 Å². The number of sulfonamides is 1. The van der Waals surface area contributed by atoms with Gasteiger partial charge in [-0.05, 0) is 49.8 Å². The van der Waals surface area contributed by atoms with Crippen molar-refractivity contribution >= 4 is 15.7 Å². The van der Waals surface area contributed by atoms with Crippen molar-refractivity contribution in [1.82, 2.24) is 4.31 Å². The third-order valence-corrected chi connectivity index (χ3v) is 6.08. The van der Waals surface area contributed by atoms with Crippen LogP contribution in [0.25, 0.3) is 0 Å². The molecule has 0 bridgehead atoms. The summed E-state index contributed by atoms with van der Waals surface area (Å²) in [5.41, 5.74) is 5.66. The minimum absolute atomic E-state index is 0.0474. The van der Waals surface area contributed by atoms with E-state index in [9.17, 15) is 13.5 Å². The highest BCUT2D eigenvalue weighted by molar-refractivity contribution is 7.89. The maximum absolute atomic E-state index is 12.6. The predicted octanol–water partition coefficient (Wildman–Crippen LogP) is 2.17. The molecule has 0 aromatic heterocycles. The average Bonchev–Trinajstić information content (AvgIpc) is 2.41. The summed E-state index contributed by atoms with van der Waals surface area (Å²) in [7, 11) is -1.93. The summed E-state index contributed by atoms with van der Waals surface area (Å²) < 4.78 is 26.6. The van der Waals surface area contributed by atoms with E-state index in [1.54, 1.807) is 7.05 Å². The molecule has 0 unspecified atom stereocenters. The number of nitrogens with two attached hydrogens (primary N) is 1. The zero-order chi connectivity index (χ0) is 14.9. The summed E-state index contributed by atoms with van der Waals surface area (Å²) in [4.78, 5) is 0.133. The highest BCUT2D eigenvalue weighted by atomic mass is 32.2. The largest absolute Gasteiger partial charge is 0.506 e. The maximum Gasteiger partial charge on any atom is 0.243 e. The van der Waals surface area contributed by atoms with Gasteiger partial charge in [0.25, 0.3) is 0 Å². The third-order valence-electron chi connectivity index (χ3n) is 4.18. The summed E-state index contributed by atoms with van der Waals surface area (Å²) >= 11 is 0. The third kappa shape index (κ3) is 2.91. The molecule has 0 aliphatic heterocycles. The van der Waals surface area contributed by atoms with Crippen LogP contribution in [0.15, 0.2) is 23.1 Å². The lowest BCUT2D eigenvalue weighted by Crippen LogP contribution is -2.39. The van der Waals surface area contributed by atoms with Crippen LogP contribution in [0.5, 0.6) is 5.75 Å². The SMILES string of the molecule is CC1CCC(N(C)S(=O)(=O)c2ccc(O)c(N)c2)CC1. The zero-order valence-electron chi connectivity index (χ0n) is 11.9. The maximum atomic E-state index is 12.6. The lowest BCUT2D eigenvalue weighted by molar-refractivity contribution is 0.246. The Hall–Kier alpha value is -1.27. The standard InChI is InChI=1S/C14H22N2O3S/c1-10-3-5-11(6-4-10)16(2)20(18,19)12-7-8-14(17)13(15)9-12/h7-11,17H,3-6,15H2,1-2H3. The Morgan fingerprint density at radius 3 is 2.40 bits per heavy atom. The highest BCUT2D eigenvalue weighted by Gasteiger charge is 2.30. The summed E-state index contributed by atoms with van der Waals surface area (Å²) in [5.74, 6) is 0.574. The van der Waals surface area contributed by atoms with Crippen LogP contribution in [0, 0.1) is 5.92 Å². The fraction of sp³-hybridized carbons (Fsp3) is 0.571. The number of hydrogen-bond donors (Lipinski definition) is 2. The molecule has 1 aromatic rings. The van der Waals surface area contributed by atoms with E-state index in [1.165, 1.54) is 22.5 Å². The van der Waals surface area contributed by atoms with E-state index in [0.717, 1.165) is 25.7 Å². The van der Waals surface area contributed by atoms with Crippen molar-refractivity contribution in [2.75, 3.05) is 12.8 Å². The second-order valence-corrected chi connectivity index (χ2v) is 7.65. The minimum atomic E-state index is -3.55. The number of benzene rings is 1. The molecule has 112 valence electrons. The molecule has 0 atom stereocenters. The highest BCUT2D eigenvalue weighted by Crippen LogP contribution is 2.31. The fourth-order valence-electron chi connectivity index (χ4n) is 2.66. The van der Waals surface area contributed by atoms with E-state index in [0.29, 0.717) is 5.92 Å². The number of phenols is 1. The van der Waals surface area contributed by atoms with Gasteiger partial charge in [-0.1, -0.05) is 6.92 Å². The molecule has 2 rings (SSSR count). The van der Waals surface area contributed by atoms with Crippen molar-refractivity contribution in [3.8, 4) is 5.75 Å². The van der Waals surface area contributed by atoms with Gasteiger partial charge in [-0.2, -0.15) is 4.31 Å². The molecule has 0 heterocycles. The topological polar surface area (TPSA) is 83.6 Å². The fourth-order valence-corrected chi connectivity index (χ4v) is 4.11. The van der Waals surface area contributed by atoms with Gasteiger partial charge in [-0.3, -0.25) is 0 Å². The van der Waals surface area contributed by atoms with Crippen LogP contribution in [0.4, 0.5) is 5.69 Å². The number of rotatable bonds is 3. The molecule has 1 saturated carbocycles. The molecular formula is C14H22N2O3S. The molecule has 1 fully saturated rings. The number of phenolic OH excluding ortho intramolecular Hbond substituents is 1. The number of nitrogens with zero attached hydrogens (tertiary/aromatic N) is 1. The summed E-state index contributed by atoms with van der Waals surface area (Å²) in [6, 6.07) is 4.07. The summed E-state index contributed by atoms with van der Waals surface area (Å²) in [6.07, 6.45) is 3.90. The Morgan fingerprint density at radius 1 is 1.25 bits per heavy atom. The number of nitrogen functional groups attached to an aromatic ring is 1. The van der Waals surface area contributed by atoms with Gasteiger partial charge < -0.3 is 10.8 Å². The molecule has 20 heavy (non-hydrogen) atoms. The molecule has 1 aromatic carbocycles. The van der Waals surface area contributed by atoms with Gasteiger partial charge in [0.15, 0.2) is 0 Å². The van der Waals surface area contributed by atoms with Gasteiger partial charge in [-0.25, -0.2) is 8.42 Å². The Balaban J connectivity index is 2.23. The smallest absolute Gasteiger partial charge is 0.243 e. The van der Waals surface area contributed by atoms with Crippen LogP contribution in [-0.4, -0.2) is 30.9 Å². The van der Waals surface area contributed by atoms with Crippen molar-refractivity contribution in [1.29, 1.82) is 0 Å². The minimum Gasteiger partial charge on any atom is -0.506 e. The van der Waals surface area contributed by atoms with E-state index < -0.39 is 10.0 Å². The quantitative estimate of drug-likeness (QED) is 0.661. The second-order valence-electron chi connectivity index (χ2n) is 5.66. The lowest BCUT2D eigenvalue weighted by atomic mass is 9.87. The molecule has 0 spiro atoms. The van der Waals surface area contributed by atoms with E-state index in [1.807, 2.05) is 0 Å². The summed E-state index contributed by atoms with van der Waals surface area (Å²) in [6.45, 7) is 2.20. The predicted molar refractivity (Wildman–Crippen MR) is 78.9 cm³/mol. The van der Waals surface area contributed by atoms with Gasteiger partial charge in [0.05, 0.1) is 10.6 Å². The average molecular weight is 298 g/mol. The van der Waals surface area contributed by atoms with Crippen LogP contribution in [0.2, 0.25) is 0 Å². The Labute approximate surface area is 120 Å². The first-order valence-corrected chi connectivity index (χ1v) is 8.33. The van der Waals surface area contributed by atoms with E-state index >= 15 is 0 Å². The number of hydrogen-bond acceptors (Lipinski definition) is 4. The molecule has 0 radical (unpaired) electrons. The monoisotopic (exact) mass is 298 g/mol. The Morgan fingerprint density at radius 2 is 1.85 bits per heavy atom. The van der Waals surface area contributed by atoms with Crippen LogP contribution in [0.3, 0.4) is 0 Å². The van der Waals surface area contributed by atoms with Crippen LogP contribution in [-0.2, 0) is 10.0 Å². The molecule has 0 saturated heterocycles. The van der Waals surface area contributed by atoms with E-state index in [2.05, 4.69) is 6.92 Å². The number of anilines is 1. The van der Waals surface area contributed by atoms with Crippen LogP contribution in [0.1, 0.15) is 32.6 Å². The van der Waals surface area contributed by atoms with Gasteiger partial charge in [0.2, 0.25) is 10.0 Å². The van der Waals surface area contributed by atoms with Crippen molar-refractivity contribution < 1.29 is 13.5 Å². The summed E-state index contributed by atoms with van der Waals surface area (Å²) in [5, 5.41) is 9.39. The molecular weight excluding hydrogens is 276 g/mol.